The van der Waals surface area contributed by atoms with E-state index in [-0.39, 0.29) is 11.2 Å². The maximum absolute atomic E-state index is 12.3. The molecule has 2 aromatic rings. The van der Waals surface area contributed by atoms with E-state index in [1.165, 1.54) is 11.8 Å². The van der Waals surface area contributed by atoms with Gasteiger partial charge in [0.15, 0.2) is 0 Å². The Morgan fingerprint density at radius 1 is 1.45 bits per heavy atom. The van der Waals surface area contributed by atoms with Crippen LogP contribution in [0, 0.1) is 6.92 Å². The van der Waals surface area contributed by atoms with E-state index in [4.69, 9.17) is 4.42 Å². The van der Waals surface area contributed by atoms with Crippen LogP contribution in [0.25, 0.3) is 0 Å². The molecule has 7 heteroatoms. The molecule has 1 aliphatic rings. The Morgan fingerprint density at radius 2 is 2.23 bits per heavy atom. The van der Waals surface area contributed by atoms with E-state index in [2.05, 4.69) is 31.4 Å². The van der Waals surface area contributed by atoms with Gasteiger partial charge in [-0.05, 0) is 60.3 Å². The van der Waals surface area contributed by atoms with E-state index in [1.807, 2.05) is 32.0 Å². The van der Waals surface area contributed by atoms with Crippen LogP contribution in [0.5, 0.6) is 0 Å². The van der Waals surface area contributed by atoms with Crippen LogP contribution in [0.3, 0.4) is 0 Å². The first-order chi connectivity index (χ1) is 10.5. The fourth-order valence-electron chi connectivity index (χ4n) is 1.92. The average molecular weight is 382 g/mol. The number of hydrogen-bond donors (Lipinski definition) is 1. The fourth-order valence-corrected chi connectivity index (χ4v) is 3.21. The van der Waals surface area contributed by atoms with E-state index in [0.29, 0.717) is 17.0 Å². The summed E-state index contributed by atoms with van der Waals surface area (Å²) >= 11 is 4.73. The molecule has 1 atom stereocenters. The molecule has 1 fully saturated rings. The Hall–Kier alpha value is -1.34. The third-order valence-electron chi connectivity index (χ3n) is 3.38. The van der Waals surface area contributed by atoms with Gasteiger partial charge in [0, 0.05) is 10.4 Å². The van der Waals surface area contributed by atoms with Gasteiger partial charge in [-0.3, -0.25) is 4.79 Å². The van der Waals surface area contributed by atoms with Gasteiger partial charge < -0.3 is 9.73 Å². The molecule has 116 valence electrons. The molecule has 1 aromatic heterocycles. The van der Waals surface area contributed by atoms with Gasteiger partial charge in [0.1, 0.15) is 0 Å². The molecule has 22 heavy (non-hydrogen) atoms. The minimum absolute atomic E-state index is 0.0966. The summed E-state index contributed by atoms with van der Waals surface area (Å²) < 4.78 is 6.44. The summed E-state index contributed by atoms with van der Waals surface area (Å²) in [5.74, 6) is 1.02. The Kier molecular flexibility index (Phi) is 4.54. The first kappa shape index (κ1) is 15.6. The predicted octanol–water partition coefficient (Wildman–Crippen LogP) is 4.14. The quantitative estimate of drug-likeness (QED) is 0.788. The second kappa shape index (κ2) is 6.42. The van der Waals surface area contributed by atoms with Gasteiger partial charge in [-0.2, -0.15) is 0 Å². The van der Waals surface area contributed by atoms with E-state index in [0.717, 1.165) is 28.6 Å². The van der Waals surface area contributed by atoms with Crippen molar-refractivity contribution in [3.8, 4) is 0 Å². The van der Waals surface area contributed by atoms with Gasteiger partial charge in [0.25, 0.3) is 5.22 Å². The molecule has 0 bridgehead atoms. The highest BCUT2D eigenvalue weighted by molar-refractivity contribution is 9.10. The van der Waals surface area contributed by atoms with Crippen molar-refractivity contribution in [1.29, 1.82) is 0 Å². The van der Waals surface area contributed by atoms with Crippen LogP contribution in [0.1, 0.15) is 37.1 Å². The van der Waals surface area contributed by atoms with Crippen molar-refractivity contribution in [3.63, 3.8) is 0 Å². The monoisotopic (exact) mass is 381 g/mol. The van der Waals surface area contributed by atoms with Crippen molar-refractivity contribution in [2.75, 3.05) is 5.32 Å². The molecule has 0 saturated heterocycles. The Bertz CT molecular complexity index is 700. The summed E-state index contributed by atoms with van der Waals surface area (Å²) in [7, 11) is 0. The number of aromatic nitrogens is 2. The summed E-state index contributed by atoms with van der Waals surface area (Å²) in [5, 5.41) is 11.1. The zero-order chi connectivity index (χ0) is 15.7. The lowest BCUT2D eigenvalue weighted by Crippen LogP contribution is -2.22. The number of benzene rings is 1. The van der Waals surface area contributed by atoms with Crippen molar-refractivity contribution in [2.24, 2.45) is 0 Å². The molecular formula is C15H16BrN3O2S. The molecule has 1 N–H and O–H groups in total. The molecule has 1 heterocycles. The molecule has 3 rings (SSSR count). The third-order valence-corrected chi connectivity index (χ3v) is 4.97. The van der Waals surface area contributed by atoms with Gasteiger partial charge in [0.05, 0.1) is 10.9 Å². The maximum atomic E-state index is 12.3. The first-order valence-electron chi connectivity index (χ1n) is 7.10. The number of hydrogen-bond acceptors (Lipinski definition) is 5. The van der Waals surface area contributed by atoms with Crippen LogP contribution in [-0.2, 0) is 4.79 Å². The molecule has 0 aliphatic heterocycles. The number of nitrogens with zero attached hydrogens (tertiary/aromatic N) is 2. The summed E-state index contributed by atoms with van der Waals surface area (Å²) in [6.45, 7) is 3.82. The molecule has 5 nitrogen and oxygen atoms in total. The fraction of sp³-hybridized carbons (Fsp3) is 0.400. The van der Waals surface area contributed by atoms with Crippen molar-refractivity contribution in [1.82, 2.24) is 10.2 Å². The number of nitrogens with one attached hydrogen (secondary N) is 1. The van der Waals surface area contributed by atoms with Gasteiger partial charge in [-0.1, -0.05) is 17.8 Å². The zero-order valence-electron chi connectivity index (χ0n) is 12.3. The summed E-state index contributed by atoms with van der Waals surface area (Å²) in [6.07, 6.45) is 2.23. The van der Waals surface area contributed by atoms with Gasteiger partial charge in [0.2, 0.25) is 11.8 Å². The van der Waals surface area contributed by atoms with Gasteiger partial charge >= 0.3 is 0 Å². The number of halogens is 1. The molecule has 0 unspecified atom stereocenters. The SMILES string of the molecule is Cc1ccc(NC(=O)[C@@H](C)Sc2nnc(C3CC3)o2)c(Br)c1. The average Bonchev–Trinajstić information content (AvgIpc) is 3.22. The number of thioether (sulfide) groups is 1. The molecule has 1 aromatic carbocycles. The number of amides is 1. The smallest absolute Gasteiger partial charge is 0.277 e. The number of carbonyl (C=O) groups is 1. The van der Waals surface area contributed by atoms with Crippen molar-refractivity contribution >= 4 is 39.3 Å². The highest BCUT2D eigenvalue weighted by Crippen LogP contribution is 2.40. The largest absolute Gasteiger partial charge is 0.416 e. The minimum Gasteiger partial charge on any atom is -0.416 e. The summed E-state index contributed by atoms with van der Waals surface area (Å²) in [4.78, 5) is 12.3. The number of rotatable bonds is 5. The maximum Gasteiger partial charge on any atom is 0.277 e. The zero-order valence-corrected chi connectivity index (χ0v) is 14.7. The summed E-state index contributed by atoms with van der Waals surface area (Å²) in [6, 6.07) is 5.80. The van der Waals surface area contributed by atoms with Crippen LogP contribution < -0.4 is 5.32 Å². The Balaban J connectivity index is 1.60. The molecule has 1 amide bonds. The molecule has 1 saturated carbocycles. The number of anilines is 1. The second-order valence-corrected chi connectivity index (χ2v) is 7.56. The first-order valence-corrected chi connectivity index (χ1v) is 8.77. The number of carbonyl (C=O) groups excluding carboxylic acids is 1. The highest BCUT2D eigenvalue weighted by atomic mass is 79.9. The van der Waals surface area contributed by atoms with E-state index in [9.17, 15) is 4.79 Å². The minimum atomic E-state index is -0.319. The van der Waals surface area contributed by atoms with Crippen LogP contribution in [-0.4, -0.2) is 21.4 Å². The van der Waals surface area contributed by atoms with Crippen LogP contribution in [0.4, 0.5) is 5.69 Å². The Morgan fingerprint density at radius 3 is 2.91 bits per heavy atom. The molecule has 1 aliphatic carbocycles. The van der Waals surface area contributed by atoms with Crippen molar-refractivity contribution in [2.45, 2.75) is 43.1 Å². The normalized spacial score (nSPS) is 15.6. The Labute approximate surface area is 141 Å². The summed E-state index contributed by atoms with van der Waals surface area (Å²) in [5.41, 5.74) is 1.89. The van der Waals surface area contributed by atoms with E-state index < -0.39 is 0 Å². The molecular weight excluding hydrogens is 366 g/mol. The second-order valence-electron chi connectivity index (χ2n) is 5.41. The number of aryl methyl sites for hydroxylation is 1. The highest BCUT2D eigenvalue weighted by Gasteiger charge is 2.30. The molecule has 0 spiro atoms. The van der Waals surface area contributed by atoms with Crippen LogP contribution in [0.2, 0.25) is 0 Å². The van der Waals surface area contributed by atoms with Crippen LogP contribution >= 0.6 is 27.7 Å². The van der Waals surface area contributed by atoms with Gasteiger partial charge in [-0.25, -0.2) is 0 Å². The lowest BCUT2D eigenvalue weighted by molar-refractivity contribution is -0.115. The topological polar surface area (TPSA) is 68.0 Å². The van der Waals surface area contributed by atoms with Crippen LogP contribution in [0.15, 0.2) is 32.3 Å². The lowest BCUT2D eigenvalue weighted by Gasteiger charge is -2.11. The molecule has 0 radical (unpaired) electrons. The van der Waals surface area contributed by atoms with Gasteiger partial charge in [-0.15, -0.1) is 10.2 Å². The van der Waals surface area contributed by atoms with E-state index >= 15 is 0 Å². The standard InChI is InChI=1S/C15H16BrN3O2S/c1-8-3-6-12(11(16)7-8)17-13(20)9(2)22-15-19-18-14(21-15)10-4-5-10/h3,6-7,9-10H,4-5H2,1-2H3,(H,17,20)/t9-/m1/s1. The van der Waals surface area contributed by atoms with Crippen molar-refractivity contribution < 1.29 is 9.21 Å². The third kappa shape index (κ3) is 3.70. The lowest BCUT2D eigenvalue weighted by atomic mass is 10.2. The van der Waals surface area contributed by atoms with E-state index in [1.54, 1.807) is 0 Å². The van der Waals surface area contributed by atoms with Crippen molar-refractivity contribution in [3.05, 3.63) is 34.1 Å². The predicted molar refractivity (Wildman–Crippen MR) is 89.1 cm³/mol.